The fraction of sp³-hybridized carbons (Fsp3) is 0.324. The summed E-state index contributed by atoms with van der Waals surface area (Å²) in [5, 5.41) is 0.680. The zero-order chi connectivity index (χ0) is 32.1. The average molecular weight is 613 g/mol. The van der Waals surface area contributed by atoms with Crippen LogP contribution < -0.4 is 19.9 Å². The summed E-state index contributed by atoms with van der Waals surface area (Å²) in [6, 6.07) is 9.84. The summed E-state index contributed by atoms with van der Waals surface area (Å²) in [5.41, 5.74) is 8.89. The molecule has 1 aliphatic heterocycles. The first-order valence-corrected chi connectivity index (χ1v) is 14.8. The summed E-state index contributed by atoms with van der Waals surface area (Å²) < 4.78 is 32.9. The molecule has 45 heavy (non-hydrogen) atoms. The summed E-state index contributed by atoms with van der Waals surface area (Å²) >= 11 is 0. The molecule has 3 heterocycles. The number of aliphatic imine (C=N–C) groups is 1. The molecular formula is C34H37FN6O4. The van der Waals surface area contributed by atoms with Crippen molar-refractivity contribution < 1.29 is 23.4 Å². The van der Waals surface area contributed by atoms with Gasteiger partial charge in [0.15, 0.2) is 11.5 Å². The van der Waals surface area contributed by atoms with Crippen molar-refractivity contribution in [1.29, 1.82) is 0 Å². The molecule has 0 spiro atoms. The molecule has 1 amide bonds. The quantitative estimate of drug-likeness (QED) is 0.163. The number of rotatable bonds is 11. The Balaban J connectivity index is 1.44. The van der Waals surface area contributed by atoms with Gasteiger partial charge in [-0.25, -0.2) is 14.4 Å². The molecule has 2 aromatic heterocycles. The number of carbonyl (C=O) groups is 1. The average Bonchev–Trinajstić information content (AvgIpc) is 3.53. The lowest BCUT2D eigenvalue weighted by Crippen LogP contribution is -2.27. The molecule has 0 saturated carbocycles. The van der Waals surface area contributed by atoms with Gasteiger partial charge in [-0.05, 0) is 55.5 Å². The molecule has 1 unspecified atom stereocenters. The van der Waals surface area contributed by atoms with Crippen LogP contribution in [-0.2, 0) is 4.79 Å². The van der Waals surface area contributed by atoms with E-state index in [1.54, 1.807) is 57.8 Å². The van der Waals surface area contributed by atoms with Gasteiger partial charge in [0.2, 0.25) is 5.91 Å². The van der Waals surface area contributed by atoms with Crippen molar-refractivity contribution in [2.75, 3.05) is 40.1 Å². The first-order chi connectivity index (χ1) is 21.8. The van der Waals surface area contributed by atoms with Gasteiger partial charge in [-0.2, -0.15) is 0 Å². The molecule has 234 valence electrons. The van der Waals surface area contributed by atoms with Gasteiger partial charge in [0.1, 0.15) is 29.5 Å². The molecule has 1 saturated heterocycles. The molecule has 0 radical (unpaired) electrons. The fourth-order valence-corrected chi connectivity index (χ4v) is 5.98. The van der Waals surface area contributed by atoms with E-state index < -0.39 is 5.82 Å². The third-order valence-corrected chi connectivity index (χ3v) is 8.27. The molecule has 2 N–H and O–H groups in total. The van der Waals surface area contributed by atoms with Crippen LogP contribution in [0.1, 0.15) is 48.9 Å². The van der Waals surface area contributed by atoms with Crippen LogP contribution in [0.5, 0.6) is 23.0 Å². The van der Waals surface area contributed by atoms with Gasteiger partial charge in [0, 0.05) is 55.3 Å². The standard InChI is InChI=1S/C34H37FN6O4/c1-6-21(14-20-11-13-41(18-20)30(42)7-2)32-31(34(36)40-19-39-32)33(37-3)23-9-8-22(15-25(23)35)45-27-10-12-38-26-17-29(44-5)28(43-4)16-24(26)27/h7-10,12,15-17,19-21H,2,6,11,13-14,18H2,1,3-5H3,(H2,36,39,40)/t20-,21?/m0/s1. The van der Waals surface area contributed by atoms with Gasteiger partial charge in [0.05, 0.1) is 36.7 Å². The maximum atomic E-state index is 15.9. The SMILES string of the molecule is C=CC(=O)N1CC[C@@H](CC(CC)c2ncnc(N)c2C(=NC)c2ccc(Oc3ccnc4cc(OC)c(OC)cc34)cc2F)C1. The summed E-state index contributed by atoms with van der Waals surface area (Å²) in [7, 11) is 4.70. The third-order valence-electron chi connectivity index (χ3n) is 8.27. The number of benzene rings is 2. The number of methoxy groups -OCH3 is 2. The topological polar surface area (TPSA) is 125 Å². The van der Waals surface area contributed by atoms with Crippen LogP contribution >= 0.6 is 0 Å². The van der Waals surface area contributed by atoms with Gasteiger partial charge >= 0.3 is 0 Å². The Kier molecular flexibility index (Phi) is 9.56. The van der Waals surface area contributed by atoms with Crippen LogP contribution in [0.3, 0.4) is 0 Å². The minimum Gasteiger partial charge on any atom is -0.493 e. The van der Waals surface area contributed by atoms with Crippen molar-refractivity contribution in [3.63, 3.8) is 0 Å². The van der Waals surface area contributed by atoms with E-state index in [1.165, 1.54) is 18.5 Å². The minimum absolute atomic E-state index is 0.00656. The van der Waals surface area contributed by atoms with Crippen LogP contribution in [0.2, 0.25) is 0 Å². The highest BCUT2D eigenvalue weighted by molar-refractivity contribution is 6.16. The predicted molar refractivity (Wildman–Crippen MR) is 172 cm³/mol. The smallest absolute Gasteiger partial charge is 0.245 e. The summed E-state index contributed by atoms with van der Waals surface area (Å²) in [6.07, 6.45) is 6.86. The van der Waals surface area contributed by atoms with Crippen LogP contribution in [0.15, 0.2) is 66.6 Å². The molecule has 2 aromatic carbocycles. The van der Waals surface area contributed by atoms with Crippen molar-refractivity contribution in [3.8, 4) is 23.0 Å². The van der Waals surface area contributed by atoms with Gasteiger partial charge < -0.3 is 24.8 Å². The zero-order valence-electron chi connectivity index (χ0n) is 25.9. The summed E-state index contributed by atoms with van der Waals surface area (Å²) in [4.78, 5) is 31.7. The molecule has 0 bridgehead atoms. The first-order valence-electron chi connectivity index (χ1n) is 14.8. The first kappa shape index (κ1) is 31.4. The molecule has 2 atom stereocenters. The van der Waals surface area contributed by atoms with Crippen molar-refractivity contribution in [3.05, 3.63) is 84.2 Å². The number of fused-ring (bicyclic) bond motifs is 1. The molecule has 4 aromatic rings. The largest absolute Gasteiger partial charge is 0.493 e. The molecular weight excluding hydrogens is 575 g/mol. The van der Waals surface area contributed by atoms with Crippen LogP contribution in [0, 0.1) is 11.7 Å². The van der Waals surface area contributed by atoms with Gasteiger partial charge in [-0.3, -0.25) is 14.8 Å². The number of halogens is 1. The van der Waals surface area contributed by atoms with Gasteiger partial charge in [-0.1, -0.05) is 13.5 Å². The zero-order valence-corrected chi connectivity index (χ0v) is 25.9. The minimum atomic E-state index is -0.540. The van der Waals surface area contributed by atoms with Crippen LogP contribution in [0.25, 0.3) is 10.9 Å². The molecule has 5 rings (SSSR count). The summed E-state index contributed by atoms with van der Waals surface area (Å²) in [5.74, 6) is 1.76. The predicted octanol–water partition coefficient (Wildman–Crippen LogP) is 5.94. The Hall–Kier alpha value is -5.06. The number of likely N-dealkylation sites (tertiary alicyclic amines) is 1. The van der Waals surface area contributed by atoms with E-state index in [0.717, 1.165) is 19.3 Å². The number of nitrogens with zero attached hydrogens (tertiary/aromatic N) is 5. The second-order valence-electron chi connectivity index (χ2n) is 10.9. The number of ether oxygens (including phenoxy) is 3. The Labute approximate surface area is 261 Å². The number of nitrogen functional groups attached to an aromatic ring is 1. The molecule has 1 fully saturated rings. The number of hydrogen-bond donors (Lipinski definition) is 1. The normalized spacial score (nSPS) is 15.6. The Morgan fingerprint density at radius 3 is 2.62 bits per heavy atom. The van der Waals surface area contributed by atoms with Crippen molar-refractivity contribution in [2.24, 2.45) is 10.9 Å². The van der Waals surface area contributed by atoms with E-state index >= 15 is 4.39 Å². The Morgan fingerprint density at radius 1 is 1.16 bits per heavy atom. The van der Waals surface area contributed by atoms with Crippen molar-refractivity contribution in [1.82, 2.24) is 19.9 Å². The summed E-state index contributed by atoms with van der Waals surface area (Å²) in [6.45, 7) is 7.05. The van der Waals surface area contributed by atoms with E-state index in [2.05, 4.69) is 33.4 Å². The molecule has 1 aliphatic rings. The van der Waals surface area contributed by atoms with E-state index in [1.807, 2.05) is 4.90 Å². The Bertz CT molecular complexity index is 1760. The molecule has 10 nitrogen and oxygen atoms in total. The van der Waals surface area contributed by atoms with Crippen molar-refractivity contribution >= 4 is 28.3 Å². The third kappa shape index (κ3) is 6.43. The maximum absolute atomic E-state index is 15.9. The van der Waals surface area contributed by atoms with E-state index in [9.17, 15) is 4.79 Å². The molecule has 0 aliphatic carbocycles. The maximum Gasteiger partial charge on any atom is 0.245 e. The number of pyridine rings is 1. The van der Waals surface area contributed by atoms with E-state index in [-0.39, 0.29) is 29.0 Å². The van der Waals surface area contributed by atoms with Gasteiger partial charge in [-0.15, -0.1) is 0 Å². The van der Waals surface area contributed by atoms with Gasteiger partial charge in [0.25, 0.3) is 0 Å². The number of hydrogen-bond acceptors (Lipinski definition) is 9. The lowest BCUT2D eigenvalue weighted by Gasteiger charge is -2.23. The number of aromatic nitrogens is 3. The highest BCUT2D eigenvalue weighted by Gasteiger charge is 2.30. The van der Waals surface area contributed by atoms with Crippen molar-refractivity contribution in [2.45, 2.75) is 32.1 Å². The highest BCUT2D eigenvalue weighted by atomic mass is 19.1. The second kappa shape index (κ2) is 13.7. The number of anilines is 1. The lowest BCUT2D eigenvalue weighted by atomic mass is 9.85. The Morgan fingerprint density at radius 2 is 1.93 bits per heavy atom. The lowest BCUT2D eigenvalue weighted by molar-refractivity contribution is -0.125. The second-order valence-corrected chi connectivity index (χ2v) is 10.9. The monoisotopic (exact) mass is 612 g/mol. The number of carbonyl (C=O) groups excluding carboxylic acids is 1. The molecule has 11 heteroatoms. The van der Waals surface area contributed by atoms with E-state index in [4.69, 9.17) is 19.9 Å². The van der Waals surface area contributed by atoms with Crippen LogP contribution in [-0.4, -0.2) is 65.8 Å². The number of nitrogens with two attached hydrogens (primary N) is 1. The highest BCUT2D eigenvalue weighted by Crippen LogP contribution is 2.38. The number of amides is 1. The fourth-order valence-electron chi connectivity index (χ4n) is 5.98. The van der Waals surface area contributed by atoms with E-state index in [0.29, 0.717) is 64.1 Å². The van der Waals surface area contributed by atoms with Crippen LogP contribution in [0.4, 0.5) is 10.2 Å².